The van der Waals surface area contributed by atoms with Gasteiger partial charge in [0.2, 0.25) is 0 Å². The smallest absolute Gasteiger partial charge is 0.409 e. The van der Waals surface area contributed by atoms with Crippen LogP contribution in [0.5, 0.6) is 5.75 Å². The van der Waals surface area contributed by atoms with Crippen molar-refractivity contribution in [2.24, 2.45) is 4.99 Å². The number of hydrogen-bond acceptors (Lipinski definition) is 4. The van der Waals surface area contributed by atoms with Crippen LogP contribution in [-0.4, -0.2) is 63.4 Å². The monoisotopic (exact) mass is 376 g/mol. The van der Waals surface area contributed by atoms with E-state index in [1.165, 1.54) is 12.7 Å². The summed E-state index contributed by atoms with van der Waals surface area (Å²) in [6.45, 7) is 6.93. The van der Waals surface area contributed by atoms with Crippen molar-refractivity contribution in [2.75, 3.05) is 40.4 Å². The molecular formula is C20H32N4O3. The average molecular weight is 377 g/mol. The van der Waals surface area contributed by atoms with Crippen molar-refractivity contribution in [3.05, 3.63) is 29.8 Å². The number of carbonyl (C=O) groups excluding carboxylic acids is 1. The van der Waals surface area contributed by atoms with E-state index >= 15 is 0 Å². The second-order valence-corrected chi connectivity index (χ2v) is 6.92. The fourth-order valence-electron chi connectivity index (χ4n) is 3.14. The standard InChI is InChI=1S/C20H32N4O3/c1-15(2)17-7-5-6-8-18(17)27-14-11-22-19(21-3)23-16-9-12-24(13-10-16)20(25)26-4/h5-8,15-16H,9-14H2,1-4H3,(H2,21,22,23). The van der Waals surface area contributed by atoms with Crippen LogP contribution >= 0.6 is 0 Å². The summed E-state index contributed by atoms with van der Waals surface area (Å²) in [7, 11) is 3.17. The number of para-hydroxylation sites is 1. The van der Waals surface area contributed by atoms with Gasteiger partial charge in [-0.1, -0.05) is 32.0 Å². The summed E-state index contributed by atoms with van der Waals surface area (Å²) in [5.74, 6) is 2.12. The van der Waals surface area contributed by atoms with Crippen LogP contribution in [0.1, 0.15) is 38.2 Å². The molecule has 1 heterocycles. The van der Waals surface area contributed by atoms with E-state index in [1.54, 1.807) is 11.9 Å². The zero-order valence-electron chi connectivity index (χ0n) is 16.8. The Bertz CT molecular complexity index is 625. The summed E-state index contributed by atoms with van der Waals surface area (Å²) in [5, 5.41) is 6.71. The largest absolute Gasteiger partial charge is 0.491 e. The Morgan fingerprint density at radius 1 is 1.30 bits per heavy atom. The highest BCUT2D eigenvalue weighted by atomic mass is 16.5. The minimum atomic E-state index is -0.255. The first-order chi connectivity index (χ1) is 13.0. The number of piperidine rings is 1. The number of carbonyl (C=O) groups is 1. The van der Waals surface area contributed by atoms with Gasteiger partial charge in [-0.25, -0.2) is 4.79 Å². The Kier molecular flexibility index (Phi) is 8.23. The lowest BCUT2D eigenvalue weighted by Gasteiger charge is -2.32. The molecule has 0 aromatic heterocycles. The zero-order chi connectivity index (χ0) is 19.6. The third-order valence-corrected chi connectivity index (χ3v) is 4.69. The number of likely N-dealkylation sites (tertiary alicyclic amines) is 1. The fourth-order valence-corrected chi connectivity index (χ4v) is 3.14. The van der Waals surface area contributed by atoms with Crippen LogP contribution in [0, 0.1) is 0 Å². The van der Waals surface area contributed by atoms with Crippen LogP contribution in [0.25, 0.3) is 0 Å². The number of ether oxygens (including phenoxy) is 2. The van der Waals surface area contributed by atoms with Crippen LogP contribution in [0.4, 0.5) is 4.79 Å². The van der Waals surface area contributed by atoms with E-state index in [0.717, 1.165) is 24.6 Å². The topological polar surface area (TPSA) is 75.2 Å². The van der Waals surface area contributed by atoms with Crippen molar-refractivity contribution < 1.29 is 14.3 Å². The molecule has 150 valence electrons. The molecule has 1 aliphatic heterocycles. The SMILES string of the molecule is CN=C(NCCOc1ccccc1C(C)C)NC1CCN(C(=O)OC)CC1. The number of guanidine groups is 1. The van der Waals surface area contributed by atoms with Crippen molar-refractivity contribution in [3.8, 4) is 5.75 Å². The normalized spacial score (nSPS) is 15.6. The van der Waals surface area contributed by atoms with Crippen molar-refractivity contribution >= 4 is 12.1 Å². The van der Waals surface area contributed by atoms with Gasteiger partial charge in [0.1, 0.15) is 12.4 Å². The summed E-state index contributed by atoms with van der Waals surface area (Å²) in [6, 6.07) is 8.44. The number of aliphatic imine (C=N–C) groups is 1. The van der Waals surface area contributed by atoms with Gasteiger partial charge in [-0.15, -0.1) is 0 Å². The van der Waals surface area contributed by atoms with E-state index in [2.05, 4.69) is 35.5 Å². The molecule has 1 aromatic rings. The number of rotatable bonds is 6. The van der Waals surface area contributed by atoms with Gasteiger partial charge in [0, 0.05) is 26.2 Å². The molecule has 0 radical (unpaired) electrons. The maximum Gasteiger partial charge on any atom is 0.409 e. The first kappa shape index (κ1) is 20.9. The maximum absolute atomic E-state index is 11.5. The van der Waals surface area contributed by atoms with Crippen LogP contribution in [0.3, 0.4) is 0 Å². The molecule has 0 spiro atoms. The van der Waals surface area contributed by atoms with Gasteiger partial charge in [0.05, 0.1) is 13.7 Å². The number of nitrogens with one attached hydrogen (secondary N) is 2. The van der Waals surface area contributed by atoms with Crippen molar-refractivity contribution in [2.45, 2.75) is 38.6 Å². The zero-order valence-corrected chi connectivity index (χ0v) is 16.8. The van der Waals surface area contributed by atoms with Crippen LogP contribution < -0.4 is 15.4 Å². The number of amides is 1. The minimum absolute atomic E-state index is 0.255. The molecule has 0 saturated carbocycles. The average Bonchev–Trinajstić information content (AvgIpc) is 2.70. The van der Waals surface area contributed by atoms with E-state index < -0.39 is 0 Å². The van der Waals surface area contributed by atoms with E-state index in [0.29, 0.717) is 38.2 Å². The lowest BCUT2D eigenvalue weighted by Crippen LogP contribution is -2.50. The molecule has 1 fully saturated rings. The summed E-state index contributed by atoms with van der Waals surface area (Å²) in [5.41, 5.74) is 1.22. The molecule has 0 bridgehead atoms. The molecule has 2 N–H and O–H groups in total. The lowest BCUT2D eigenvalue weighted by atomic mass is 10.0. The molecular weight excluding hydrogens is 344 g/mol. The molecule has 0 aliphatic carbocycles. The first-order valence-corrected chi connectivity index (χ1v) is 9.57. The highest BCUT2D eigenvalue weighted by Gasteiger charge is 2.23. The van der Waals surface area contributed by atoms with Gasteiger partial charge in [-0.2, -0.15) is 0 Å². The second-order valence-electron chi connectivity index (χ2n) is 6.92. The summed E-state index contributed by atoms with van der Waals surface area (Å²) >= 11 is 0. The predicted molar refractivity (Wildman–Crippen MR) is 108 cm³/mol. The van der Waals surface area contributed by atoms with Gasteiger partial charge < -0.3 is 25.0 Å². The van der Waals surface area contributed by atoms with E-state index in [-0.39, 0.29) is 6.09 Å². The Balaban J connectivity index is 1.72. The van der Waals surface area contributed by atoms with Gasteiger partial charge in [0.15, 0.2) is 5.96 Å². The molecule has 7 heteroatoms. The van der Waals surface area contributed by atoms with Gasteiger partial charge in [-0.05, 0) is 30.4 Å². The minimum Gasteiger partial charge on any atom is -0.491 e. The number of benzene rings is 1. The van der Waals surface area contributed by atoms with Gasteiger partial charge in [0.25, 0.3) is 0 Å². The fraction of sp³-hybridized carbons (Fsp3) is 0.600. The molecule has 1 aromatic carbocycles. The third kappa shape index (κ3) is 6.34. The Morgan fingerprint density at radius 3 is 2.63 bits per heavy atom. The molecule has 0 atom stereocenters. The maximum atomic E-state index is 11.5. The Labute approximate surface area is 162 Å². The molecule has 2 rings (SSSR count). The third-order valence-electron chi connectivity index (χ3n) is 4.69. The summed E-state index contributed by atoms with van der Waals surface area (Å²) in [4.78, 5) is 17.5. The van der Waals surface area contributed by atoms with Gasteiger partial charge in [-0.3, -0.25) is 4.99 Å². The summed E-state index contributed by atoms with van der Waals surface area (Å²) in [6.07, 6.45) is 1.48. The predicted octanol–water partition coefficient (Wildman–Crippen LogP) is 2.58. The molecule has 1 saturated heterocycles. The van der Waals surface area contributed by atoms with E-state index in [9.17, 15) is 4.79 Å². The van der Waals surface area contributed by atoms with Crippen molar-refractivity contribution in [3.63, 3.8) is 0 Å². The summed E-state index contributed by atoms with van der Waals surface area (Å²) < 4.78 is 10.7. The van der Waals surface area contributed by atoms with Crippen LogP contribution in [0.15, 0.2) is 29.3 Å². The number of methoxy groups -OCH3 is 1. The molecule has 1 aliphatic rings. The first-order valence-electron chi connectivity index (χ1n) is 9.57. The molecule has 1 amide bonds. The molecule has 27 heavy (non-hydrogen) atoms. The highest BCUT2D eigenvalue weighted by molar-refractivity contribution is 5.80. The Morgan fingerprint density at radius 2 is 2.00 bits per heavy atom. The van der Waals surface area contributed by atoms with Crippen LogP contribution in [0.2, 0.25) is 0 Å². The highest BCUT2D eigenvalue weighted by Crippen LogP contribution is 2.25. The number of nitrogens with zero attached hydrogens (tertiary/aromatic N) is 2. The van der Waals surface area contributed by atoms with Crippen molar-refractivity contribution in [1.29, 1.82) is 0 Å². The quantitative estimate of drug-likeness (QED) is 0.453. The van der Waals surface area contributed by atoms with Gasteiger partial charge >= 0.3 is 6.09 Å². The van der Waals surface area contributed by atoms with E-state index in [4.69, 9.17) is 9.47 Å². The Hall–Kier alpha value is -2.44. The number of hydrogen-bond donors (Lipinski definition) is 2. The molecule has 0 unspecified atom stereocenters. The lowest BCUT2D eigenvalue weighted by molar-refractivity contribution is 0.111. The molecule has 7 nitrogen and oxygen atoms in total. The second kappa shape index (κ2) is 10.6. The van der Waals surface area contributed by atoms with Crippen LogP contribution in [-0.2, 0) is 4.74 Å². The van der Waals surface area contributed by atoms with Crippen molar-refractivity contribution in [1.82, 2.24) is 15.5 Å². The van der Waals surface area contributed by atoms with E-state index in [1.807, 2.05) is 18.2 Å².